The fraction of sp³-hybridized carbons (Fsp3) is 0.143. The summed E-state index contributed by atoms with van der Waals surface area (Å²) >= 11 is 11.7. The van der Waals surface area contributed by atoms with Crippen LogP contribution in [-0.4, -0.2) is 5.11 Å². The van der Waals surface area contributed by atoms with Crippen molar-refractivity contribution in [2.75, 3.05) is 0 Å². The van der Waals surface area contributed by atoms with Gasteiger partial charge in [0.1, 0.15) is 11.6 Å². The summed E-state index contributed by atoms with van der Waals surface area (Å²) in [5.74, 6) is -1.25. The Hall–Kier alpha value is -1.16. The molecule has 100 valence electrons. The van der Waals surface area contributed by atoms with Crippen LogP contribution in [0.5, 0.6) is 0 Å². The Balaban J connectivity index is 2.25. The summed E-state index contributed by atoms with van der Waals surface area (Å²) in [4.78, 5) is 0. The van der Waals surface area contributed by atoms with Crippen molar-refractivity contribution in [3.05, 3.63) is 69.2 Å². The van der Waals surface area contributed by atoms with Gasteiger partial charge in [0.2, 0.25) is 0 Å². The first-order chi connectivity index (χ1) is 8.97. The van der Waals surface area contributed by atoms with Crippen molar-refractivity contribution in [1.29, 1.82) is 0 Å². The maximum Gasteiger partial charge on any atom is 0.129 e. The highest BCUT2D eigenvalue weighted by Gasteiger charge is 2.16. The molecule has 2 aromatic rings. The molecule has 0 aliphatic heterocycles. The third-order valence-electron chi connectivity index (χ3n) is 2.75. The Kier molecular flexibility index (Phi) is 4.40. The zero-order valence-electron chi connectivity index (χ0n) is 9.71. The third-order valence-corrected chi connectivity index (χ3v) is 3.33. The summed E-state index contributed by atoms with van der Waals surface area (Å²) in [5.41, 5.74) is 0.522. The fourth-order valence-electron chi connectivity index (χ4n) is 1.78. The van der Waals surface area contributed by atoms with E-state index in [0.29, 0.717) is 15.6 Å². The second kappa shape index (κ2) is 5.87. The fourth-order valence-corrected chi connectivity index (χ4v) is 2.26. The number of hydrogen-bond donors (Lipinski definition) is 1. The molecule has 0 aromatic heterocycles. The van der Waals surface area contributed by atoms with E-state index in [1.54, 1.807) is 12.1 Å². The van der Waals surface area contributed by atoms with Crippen molar-refractivity contribution in [2.45, 2.75) is 12.5 Å². The number of aliphatic hydroxyl groups excluding tert-OH is 1. The van der Waals surface area contributed by atoms with Gasteiger partial charge in [-0.1, -0.05) is 29.3 Å². The van der Waals surface area contributed by atoms with Crippen LogP contribution >= 0.6 is 23.2 Å². The van der Waals surface area contributed by atoms with Crippen LogP contribution in [0.2, 0.25) is 10.0 Å². The maximum absolute atomic E-state index is 13.5. The van der Waals surface area contributed by atoms with E-state index < -0.39 is 17.7 Å². The van der Waals surface area contributed by atoms with Crippen LogP contribution < -0.4 is 0 Å². The number of hydrogen-bond acceptors (Lipinski definition) is 1. The Morgan fingerprint density at radius 3 is 2.47 bits per heavy atom. The van der Waals surface area contributed by atoms with E-state index in [-0.39, 0.29) is 12.0 Å². The van der Waals surface area contributed by atoms with Crippen molar-refractivity contribution in [3.63, 3.8) is 0 Å². The third kappa shape index (κ3) is 3.44. The standard InChI is InChI=1S/C14H10Cl2F2O/c15-9-2-1-8(12(16)6-9)5-14(19)11-7-10(17)3-4-13(11)18/h1-4,6-7,14,19H,5H2. The summed E-state index contributed by atoms with van der Waals surface area (Å²) in [6.07, 6.45) is -1.09. The molecular weight excluding hydrogens is 293 g/mol. The summed E-state index contributed by atoms with van der Waals surface area (Å²) < 4.78 is 26.6. The molecule has 0 saturated heterocycles. The number of rotatable bonds is 3. The van der Waals surface area contributed by atoms with Gasteiger partial charge < -0.3 is 5.11 Å². The average molecular weight is 303 g/mol. The van der Waals surface area contributed by atoms with E-state index in [1.165, 1.54) is 6.07 Å². The van der Waals surface area contributed by atoms with Crippen LogP contribution in [0.4, 0.5) is 8.78 Å². The molecule has 0 bridgehead atoms. The number of aliphatic hydroxyl groups is 1. The van der Waals surface area contributed by atoms with Crippen LogP contribution in [0, 0.1) is 11.6 Å². The van der Waals surface area contributed by atoms with Crippen LogP contribution in [0.3, 0.4) is 0 Å². The first-order valence-electron chi connectivity index (χ1n) is 5.54. The van der Waals surface area contributed by atoms with Crippen LogP contribution in [0.15, 0.2) is 36.4 Å². The highest BCUT2D eigenvalue weighted by molar-refractivity contribution is 6.35. The van der Waals surface area contributed by atoms with Gasteiger partial charge >= 0.3 is 0 Å². The minimum atomic E-state index is -1.17. The van der Waals surface area contributed by atoms with E-state index in [4.69, 9.17) is 23.2 Å². The van der Waals surface area contributed by atoms with Crippen LogP contribution in [-0.2, 0) is 6.42 Å². The molecule has 2 aromatic carbocycles. The first kappa shape index (κ1) is 14.3. The molecule has 5 heteroatoms. The summed E-state index contributed by atoms with van der Waals surface area (Å²) in [7, 11) is 0. The van der Waals surface area contributed by atoms with Crippen LogP contribution in [0.1, 0.15) is 17.2 Å². The molecule has 0 radical (unpaired) electrons. The lowest BCUT2D eigenvalue weighted by atomic mass is 10.0. The van der Waals surface area contributed by atoms with E-state index in [1.807, 2.05) is 0 Å². The number of benzene rings is 2. The van der Waals surface area contributed by atoms with Gasteiger partial charge in [0.05, 0.1) is 6.10 Å². The minimum Gasteiger partial charge on any atom is -0.388 e. The van der Waals surface area contributed by atoms with E-state index in [9.17, 15) is 13.9 Å². The van der Waals surface area contributed by atoms with E-state index in [0.717, 1.165) is 18.2 Å². The number of halogens is 4. The van der Waals surface area contributed by atoms with Gasteiger partial charge in [-0.3, -0.25) is 0 Å². The Labute approximate surface area is 119 Å². The second-order valence-corrected chi connectivity index (χ2v) is 4.97. The lowest BCUT2D eigenvalue weighted by Gasteiger charge is -2.13. The van der Waals surface area contributed by atoms with Crippen molar-refractivity contribution in [2.24, 2.45) is 0 Å². The molecule has 0 fully saturated rings. The smallest absolute Gasteiger partial charge is 0.129 e. The molecular formula is C14H10Cl2F2O. The Morgan fingerprint density at radius 2 is 1.79 bits per heavy atom. The largest absolute Gasteiger partial charge is 0.388 e. The van der Waals surface area contributed by atoms with Gasteiger partial charge in [-0.05, 0) is 35.9 Å². The second-order valence-electron chi connectivity index (χ2n) is 4.12. The van der Waals surface area contributed by atoms with Crippen molar-refractivity contribution >= 4 is 23.2 Å². The van der Waals surface area contributed by atoms with Gasteiger partial charge in [0.15, 0.2) is 0 Å². The van der Waals surface area contributed by atoms with Gasteiger partial charge in [0.25, 0.3) is 0 Å². The van der Waals surface area contributed by atoms with E-state index in [2.05, 4.69) is 0 Å². The van der Waals surface area contributed by atoms with E-state index >= 15 is 0 Å². The Bertz CT molecular complexity index is 602. The summed E-state index contributed by atoms with van der Waals surface area (Å²) in [6, 6.07) is 7.76. The summed E-state index contributed by atoms with van der Waals surface area (Å²) in [6.45, 7) is 0. The zero-order chi connectivity index (χ0) is 14.0. The topological polar surface area (TPSA) is 20.2 Å². The highest BCUT2D eigenvalue weighted by Crippen LogP contribution is 2.27. The van der Waals surface area contributed by atoms with Crippen LogP contribution in [0.25, 0.3) is 0 Å². The zero-order valence-corrected chi connectivity index (χ0v) is 11.2. The SMILES string of the molecule is OC(Cc1ccc(Cl)cc1Cl)c1cc(F)ccc1F. The molecule has 0 aliphatic rings. The molecule has 1 unspecified atom stereocenters. The lowest BCUT2D eigenvalue weighted by Crippen LogP contribution is -2.05. The quantitative estimate of drug-likeness (QED) is 0.882. The molecule has 0 amide bonds. The first-order valence-corrected chi connectivity index (χ1v) is 6.30. The minimum absolute atomic E-state index is 0.0797. The molecule has 1 nitrogen and oxygen atoms in total. The molecule has 0 saturated carbocycles. The van der Waals surface area contributed by atoms with Gasteiger partial charge in [-0.2, -0.15) is 0 Å². The average Bonchev–Trinajstić information content (AvgIpc) is 2.35. The van der Waals surface area contributed by atoms with Gasteiger partial charge in [-0.15, -0.1) is 0 Å². The molecule has 2 rings (SSSR count). The highest BCUT2D eigenvalue weighted by atomic mass is 35.5. The van der Waals surface area contributed by atoms with Crippen molar-refractivity contribution < 1.29 is 13.9 Å². The molecule has 1 atom stereocenters. The normalized spacial score (nSPS) is 12.5. The predicted octanol–water partition coefficient (Wildman–Crippen LogP) is 4.55. The maximum atomic E-state index is 13.5. The molecule has 0 spiro atoms. The Morgan fingerprint density at radius 1 is 1.05 bits per heavy atom. The molecule has 0 aliphatic carbocycles. The van der Waals surface area contributed by atoms with Crippen molar-refractivity contribution in [3.8, 4) is 0 Å². The lowest BCUT2D eigenvalue weighted by molar-refractivity contribution is 0.173. The molecule has 0 heterocycles. The van der Waals surface area contributed by atoms with Crippen molar-refractivity contribution in [1.82, 2.24) is 0 Å². The predicted molar refractivity (Wildman–Crippen MR) is 71.5 cm³/mol. The van der Waals surface area contributed by atoms with Gasteiger partial charge in [-0.25, -0.2) is 8.78 Å². The monoisotopic (exact) mass is 302 g/mol. The molecule has 1 N–H and O–H groups in total. The molecule has 19 heavy (non-hydrogen) atoms. The summed E-state index contributed by atoms with van der Waals surface area (Å²) in [5, 5.41) is 10.8. The van der Waals surface area contributed by atoms with Gasteiger partial charge in [0, 0.05) is 22.0 Å².